The van der Waals surface area contributed by atoms with Gasteiger partial charge < -0.3 is 19.8 Å². The first kappa shape index (κ1) is 19.2. The largest absolute Gasteiger partial charge is 0.454 e. The van der Waals surface area contributed by atoms with Gasteiger partial charge in [-0.25, -0.2) is 0 Å². The van der Waals surface area contributed by atoms with E-state index in [9.17, 15) is 4.79 Å². The molecule has 5 heteroatoms. The smallest absolute Gasteiger partial charge is 0.231 e. The van der Waals surface area contributed by atoms with Gasteiger partial charge in [0.15, 0.2) is 11.5 Å². The Balaban J connectivity index is 1.49. The second-order valence-corrected chi connectivity index (χ2v) is 7.83. The van der Waals surface area contributed by atoms with E-state index in [0.29, 0.717) is 6.42 Å². The summed E-state index contributed by atoms with van der Waals surface area (Å²) in [5, 5.41) is 4.26. The zero-order valence-corrected chi connectivity index (χ0v) is 17.3. The van der Waals surface area contributed by atoms with E-state index in [4.69, 9.17) is 9.47 Å². The number of fused-ring (bicyclic) bond motifs is 2. The summed E-state index contributed by atoms with van der Waals surface area (Å²) < 4.78 is 11.4. The molecule has 3 aromatic carbocycles. The monoisotopic (exact) mass is 412 g/mol. The van der Waals surface area contributed by atoms with Crippen LogP contribution in [0.1, 0.15) is 42.0 Å². The van der Waals surface area contributed by atoms with Crippen molar-refractivity contribution in [3.05, 3.63) is 95.7 Å². The first-order valence-electron chi connectivity index (χ1n) is 10.5. The fraction of sp³-hybridized carbons (Fsp3) is 0.192. The summed E-state index contributed by atoms with van der Waals surface area (Å²) in [5.41, 5.74) is 4.16. The van der Waals surface area contributed by atoms with Crippen molar-refractivity contribution in [2.24, 2.45) is 0 Å². The molecule has 1 aromatic heterocycles. The highest BCUT2D eigenvalue weighted by Crippen LogP contribution is 2.44. The van der Waals surface area contributed by atoms with Crippen molar-refractivity contribution < 1.29 is 14.3 Å². The molecule has 0 unspecified atom stereocenters. The van der Waals surface area contributed by atoms with Crippen molar-refractivity contribution in [3.63, 3.8) is 0 Å². The fourth-order valence-electron chi connectivity index (χ4n) is 4.31. The minimum absolute atomic E-state index is 0.0110. The summed E-state index contributed by atoms with van der Waals surface area (Å²) in [4.78, 5) is 16.5. The molecule has 5 nitrogen and oxygen atoms in total. The van der Waals surface area contributed by atoms with E-state index in [1.165, 1.54) is 0 Å². The molecule has 31 heavy (non-hydrogen) atoms. The first-order chi connectivity index (χ1) is 15.2. The predicted octanol–water partition coefficient (Wildman–Crippen LogP) is 5.30. The van der Waals surface area contributed by atoms with Gasteiger partial charge in [-0.1, -0.05) is 60.7 Å². The van der Waals surface area contributed by atoms with E-state index in [1.807, 2.05) is 79.9 Å². The normalized spacial score (nSPS) is 14.4. The lowest BCUT2D eigenvalue weighted by Crippen LogP contribution is -2.28. The third-order valence-corrected chi connectivity index (χ3v) is 5.87. The zero-order chi connectivity index (χ0) is 21.2. The summed E-state index contributed by atoms with van der Waals surface area (Å²) in [6.45, 7) is 2.20. The lowest BCUT2D eigenvalue weighted by molar-refractivity contribution is -0.121. The SMILES string of the molecule is C[C@@H](NC(=O)C[C@@H](c1cccc2c1OCO2)c1c[nH]c2ccccc12)c1ccccc1. The first-order valence-corrected chi connectivity index (χ1v) is 10.5. The summed E-state index contributed by atoms with van der Waals surface area (Å²) in [6.07, 6.45) is 2.30. The van der Waals surface area contributed by atoms with Gasteiger partial charge >= 0.3 is 0 Å². The number of aromatic amines is 1. The number of aromatic nitrogens is 1. The molecule has 1 amide bonds. The Hall–Kier alpha value is -3.73. The number of amides is 1. The molecule has 2 atom stereocenters. The highest BCUT2D eigenvalue weighted by molar-refractivity contribution is 5.86. The van der Waals surface area contributed by atoms with Gasteiger partial charge in [0, 0.05) is 35.0 Å². The van der Waals surface area contributed by atoms with Gasteiger partial charge in [-0.2, -0.15) is 0 Å². The van der Waals surface area contributed by atoms with E-state index < -0.39 is 0 Å². The predicted molar refractivity (Wildman–Crippen MR) is 120 cm³/mol. The number of nitrogens with one attached hydrogen (secondary N) is 2. The van der Waals surface area contributed by atoms with Crippen LogP contribution in [0.25, 0.3) is 10.9 Å². The average molecular weight is 412 g/mol. The van der Waals surface area contributed by atoms with Crippen LogP contribution < -0.4 is 14.8 Å². The van der Waals surface area contributed by atoms with Crippen molar-refractivity contribution >= 4 is 16.8 Å². The second-order valence-electron chi connectivity index (χ2n) is 7.83. The van der Waals surface area contributed by atoms with Gasteiger partial charge in [-0.3, -0.25) is 4.79 Å². The molecule has 5 rings (SSSR count). The van der Waals surface area contributed by atoms with E-state index in [0.717, 1.165) is 39.1 Å². The van der Waals surface area contributed by atoms with Crippen LogP contribution in [0.2, 0.25) is 0 Å². The van der Waals surface area contributed by atoms with Crippen molar-refractivity contribution in [1.29, 1.82) is 0 Å². The van der Waals surface area contributed by atoms with Gasteiger partial charge in [0.1, 0.15) is 0 Å². The van der Waals surface area contributed by atoms with Crippen molar-refractivity contribution in [3.8, 4) is 11.5 Å². The molecule has 2 heterocycles. The summed E-state index contributed by atoms with van der Waals surface area (Å²) in [5.74, 6) is 1.26. The zero-order valence-electron chi connectivity index (χ0n) is 17.3. The Kier molecular flexibility index (Phi) is 5.08. The summed E-state index contributed by atoms with van der Waals surface area (Å²) >= 11 is 0. The lowest BCUT2D eigenvalue weighted by atomic mass is 9.87. The highest BCUT2D eigenvalue weighted by atomic mass is 16.7. The number of ether oxygens (including phenoxy) is 2. The molecule has 0 spiro atoms. The lowest BCUT2D eigenvalue weighted by Gasteiger charge is -2.21. The molecule has 1 aliphatic rings. The number of carbonyl (C=O) groups excluding carboxylic acids is 1. The third-order valence-electron chi connectivity index (χ3n) is 5.87. The Morgan fingerprint density at radius 1 is 0.968 bits per heavy atom. The maximum absolute atomic E-state index is 13.1. The van der Waals surface area contributed by atoms with Crippen molar-refractivity contribution in [2.45, 2.75) is 25.3 Å². The van der Waals surface area contributed by atoms with Crippen LogP contribution in [-0.4, -0.2) is 17.7 Å². The van der Waals surface area contributed by atoms with Crippen LogP contribution >= 0.6 is 0 Å². The second kappa shape index (κ2) is 8.19. The molecular weight excluding hydrogens is 388 g/mol. The molecule has 0 saturated carbocycles. The Labute approximate surface area is 181 Å². The van der Waals surface area contributed by atoms with Crippen molar-refractivity contribution in [2.75, 3.05) is 6.79 Å². The minimum atomic E-state index is -0.171. The minimum Gasteiger partial charge on any atom is -0.454 e. The van der Waals surface area contributed by atoms with Gasteiger partial charge in [-0.15, -0.1) is 0 Å². The molecular formula is C26H24N2O3. The third kappa shape index (κ3) is 3.75. The Morgan fingerprint density at radius 2 is 1.77 bits per heavy atom. The standard InChI is InChI=1S/C26H24N2O3/c1-17(18-8-3-2-4-9-18)28-25(29)14-21(20-11-7-13-24-26(20)31-16-30-24)22-15-27-23-12-6-5-10-19(22)23/h2-13,15,17,21,27H,14,16H2,1H3,(H,28,29)/t17-,21+/m1/s1. The number of hydrogen-bond acceptors (Lipinski definition) is 3. The van der Waals surface area contributed by atoms with Gasteiger partial charge in [0.25, 0.3) is 0 Å². The van der Waals surface area contributed by atoms with E-state index >= 15 is 0 Å². The Bertz CT molecular complexity index is 1220. The van der Waals surface area contributed by atoms with Gasteiger partial charge in [-0.05, 0) is 30.2 Å². The van der Waals surface area contributed by atoms with Crippen LogP contribution in [0.4, 0.5) is 0 Å². The maximum atomic E-state index is 13.1. The van der Waals surface area contributed by atoms with Gasteiger partial charge in [0.05, 0.1) is 6.04 Å². The number of carbonyl (C=O) groups is 1. The molecule has 0 fully saturated rings. The molecule has 0 radical (unpaired) electrons. The quantitative estimate of drug-likeness (QED) is 0.452. The van der Waals surface area contributed by atoms with E-state index in [2.05, 4.69) is 16.4 Å². The number of hydrogen-bond donors (Lipinski definition) is 2. The highest BCUT2D eigenvalue weighted by Gasteiger charge is 2.28. The van der Waals surface area contributed by atoms with Crippen LogP contribution in [0.5, 0.6) is 11.5 Å². The fourth-order valence-corrected chi connectivity index (χ4v) is 4.31. The average Bonchev–Trinajstić information content (AvgIpc) is 3.45. The molecule has 0 saturated heterocycles. The van der Waals surface area contributed by atoms with Crippen LogP contribution in [0.15, 0.2) is 79.0 Å². The van der Waals surface area contributed by atoms with Crippen molar-refractivity contribution in [1.82, 2.24) is 10.3 Å². The van der Waals surface area contributed by atoms with Crippen LogP contribution in [-0.2, 0) is 4.79 Å². The molecule has 2 N–H and O–H groups in total. The van der Waals surface area contributed by atoms with Gasteiger partial charge in [0.2, 0.25) is 12.7 Å². The molecule has 156 valence electrons. The summed E-state index contributed by atoms with van der Waals surface area (Å²) in [6, 6.07) is 23.9. The number of H-pyrrole nitrogens is 1. The van der Waals surface area contributed by atoms with E-state index in [1.54, 1.807) is 0 Å². The van der Waals surface area contributed by atoms with Crippen LogP contribution in [0, 0.1) is 0 Å². The molecule has 1 aliphatic heterocycles. The van der Waals surface area contributed by atoms with Crippen LogP contribution in [0.3, 0.4) is 0 Å². The topological polar surface area (TPSA) is 63.4 Å². The number of rotatable bonds is 6. The number of para-hydroxylation sites is 2. The maximum Gasteiger partial charge on any atom is 0.231 e. The molecule has 0 bridgehead atoms. The molecule has 0 aliphatic carbocycles. The molecule has 4 aromatic rings. The number of benzene rings is 3. The Morgan fingerprint density at radius 3 is 2.65 bits per heavy atom. The summed E-state index contributed by atoms with van der Waals surface area (Å²) in [7, 11) is 0. The van der Waals surface area contributed by atoms with E-state index in [-0.39, 0.29) is 24.7 Å².